The fraction of sp³-hybridized carbons (Fsp3) is 0.417. The second-order valence-corrected chi connectivity index (χ2v) is 2.13. The van der Waals surface area contributed by atoms with Gasteiger partial charge in [-0.3, -0.25) is 0 Å². The molecule has 0 aliphatic heterocycles. The summed E-state index contributed by atoms with van der Waals surface area (Å²) in [5.74, 6) is 3.12. The second-order valence-electron chi connectivity index (χ2n) is 2.13. The van der Waals surface area contributed by atoms with Gasteiger partial charge in [-0.2, -0.15) is 0 Å². The van der Waals surface area contributed by atoms with E-state index in [-0.39, 0.29) is 0 Å². The van der Waals surface area contributed by atoms with Gasteiger partial charge in [-0.25, -0.2) is 0 Å². The normalized spacial score (nSPS) is 8.00. The largest absolute Gasteiger partial charge is 0.361 e. The van der Waals surface area contributed by atoms with Gasteiger partial charge >= 0.3 is 0 Å². The molecule has 0 saturated heterocycles. The molecule has 1 aromatic rings. The molecule has 78 valence electrons. The van der Waals surface area contributed by atoms with Crippen LogP contribution in [0, 0.1) is 19.3 Å². The van der Waals surface area contributed by atoms with Crippen molar-refractivity contribution >= 4 is 6.08 Å². The highest BCUT2D eigenvalue weighted by molar-refractivity contribution is 5.48. The first kappa shape index (κ1) is 15.0. The van der Waals surface area contributed by atoms with Crippen LogP contribution in [0.2, 0.25) is 0 Å². The second kappa shape index (κ2) is 11.5. The number of hydrogen-bond donors (Lipinski definition) is 0. The quantitative estimate of drug-likeness (QED) is 0.636. The monoisotopic (exact) mass is 193 g/mol. The summed E-state index contributed by atoms with van der Waals surface area (Å²) in [5, 5.41) is 3.61. The minimum absolute atomic E-state index is 0.869. The number of allylic oxidation sites excluding steroid dienone is 1. The van der Waals surface area contributed by atoms with Crippen LogP contribution in [0.3, 0.4) is 0 Å². The Labute approximate surface area is 87.0 Å². The predicted octanol–water partition coefficient (Wildman–Crippen LogP) is 3.68. The van der Waals surface area contributed by atoms with E-state index in [1.807, 2.05) is 39.8 Å². The maximum Gasteiger partial charge on any atom is 0.140 e. The van der Waals surface area contributed by atoms with E-state index >= 15 is 0 Å². The minimum atomic E-state index is 0.869. The first-order chi connectivity index (χ1) is 6.76. The Bertz CT molecular complexity index is 279. The zero-order chi connectivity index (χ0) is 11.4. The van der Waals surface area contributed by atoms with Gasteiger partial charge in [-0.05, 0) is 20.8 Å². The molecule has 1 aromatic heterocycles. The zero-order valence-corrected chi connectivity index (χ0v) is 9.66. The van der Waals surface area contributed by atoms with Crippen molar-refractivity contribution in [2.24, 2.45) is 0 Å². The van der Waals surface area contributed by atoms with Crippen LogP contribution in [-0.4, -0.2) is 5.16 Å². The zero-order valence-electron chi connectivity index (χ0n) is 9.66. The third kappa shape index (κ3) is 7.17. The summed E-state index contributed by atoms with van der Waals surface area (Å²) in [4.78, 5) is 0. The van der Waals surface area contributed by atoms with Crippen LogP contribution in [0.1, 0.15) is 39.0 Å². The minimum Gasteiger partial charge on any atom is -0.361 e. The first-order valence-electron chi connectivity index (χ1n) is 4.67. The number of rotatable bonds is 1. The Kier molecular flexibility index (Phi) is 12.3. The summed E-state index contributed by atoms with van der Waals surface area (Å²) in [6, 6.07) is 0. The predicted molar refractivity (Wildman–Crippen MR) is 61.8 cm³/mol. The molecule has 0 unspecified atom stereocenters. The Morgan fingerprint density at radius 2 is 2.00 bits per heavy atom. The molecule has 0 aromatic carbocycles. The third-order valence-electron chi connectivity index (χ3n) is 1.13. The van der Waals surface area contributed by atoms with E-state index in [4.69, 9.17) is 4.52 Å². The Morgan fingerprint density at radius 1 is 1.50 bits per heavy atom. The molecule has 2 heteroatoms. The molecule has 1 heterocycles. The van der Waals surface area contributed by atoms with Gasteiger partial charge < -0.3 is 4.52 Å². The highest BCUT2D eigenvalue weighted by Gasteiger charge is 1.94. The molecule has 0 N–H and O–H groups in total. The lowest BCUT2D eigenvalue weighted by Crippen LogP contribution is -1.66. The summed E-state index contributed by atoms with van der Waals surface area (Å²) in [6.07, 6.45) is 10.2. The van der Waals surface area contributed by atoms with Crippen molar-refractivity contribution in [1.29, 1.82) is 0 Å². The van der Waals surface area contributed by atoms with Crippen molar-refractivity contribution in [3.05, 3.63) is 23.6 Å². The Morgan fingerprint density at radius 3 is 2.29 bits per heavy atom. The smallest absolute Gasteiger partial charge is 0.140 e. The molecular weight excluding hydrogens is 174 g/mol. The van der Waals surface area contributed by atoms with Gasteiger partial charge in [0.15, 0.2) is 0 Å². The maximum absolute atomic E-state index is 4.82. The van der Waals surface area contributed by atoms with Crippen LogP contribution in [-0.2, 0) is 0 Å². The van der Waals surface area contributed by atoms with Crippen molar-refractivity contribution < 1.29 is 4.52 Å². The van der Waals surface area contributed by atoms with Crippen LogP contribution in [0.15, 0.2) is 16.8 Å². The van der Waals surface area contributed by atoms with Crippen molar-refractivity contribution in [3.63, 3.8) is 0 Å². The van der Waals surface area contributed by atoms with Crippen LogP contribution in [0.5, 0.6) is 0 Å². The standard InChI is InChI=1S/C7H9NO.C3H4.C2H6/c1-3-4-7-5-8-9-6(7)2;1-3-2;1-2/h3-5H,1-2H3;1H,2H3;1-2H3/b4-3-;;. The summed E-state index contributed by atoms with van der Waals surface area (Å²) in [6.45, 7) is 9.51. The Hall–Kier alpha value is -1.49. The number of aryl methyl sites for hydroxylation is 1. The van der Waals surface area contributed by atoms with Gasteiger partial charge in [0, 0.05) is 5.56 Å². The lowest BCUT2D eigenvalue weighted by atomic mass is 10.2. The summed E-state index contributed by atoms with van der Waals surface area (Å²) >= 11 is 0. The van der Waals surface area contributed by atoms with Crippen molar-refractivity contribution in [3.8, 4) is 12.3 Å². The lowest BCUT2D eigenvalue weighted by Gasteiger charge is -1.80. The van der Waals surface area contributed by atoms with Gasteiger partial charge in [0.1, 0.15) is 5.76 Å². The van der Waals surface area contributed by atoms with E-state index in [2.05, 4.69) is 17.5 Å². The van der Waals surface area contributed by atoms with Gasteiger partial charge in [0.05, 0.1) is 6.20 Å². The average Bonchev–Trinajstić information content (AvgIpc) is 2.58. The van der Waals surface area contributed by atoms with E-state index in [0.717, 1.165) is 11.3 Å². The van der Waals surface area contributed by atoms with E-state index in [9.17, 15) is 0 Å². The van der Waals surface area contributed by atoms with E-state index in [0.29, 0.717) is 0 Å². The molecule has 14 heavy (non-hydrogen) atoms. The van der Waals surface area contributed by atoms with Gasteiger partial charge in [0.2, 0.25) is 0 Å². The maximum atomic E-state index is 4.82. The molecule has 0 saturated carbocycles. The topological polar surface area (TPSA) is 26.0 Å². The van der Waals surface area contributed by atoms with Crippen molar-refractivity contribution in [2.75, 3.05) is 0 Å². The summed E-state index contributed by atoms with van der Waals surface area (Å²) < 4.78 is 4.82. The molecule has 1 rings (SSSR count). The molecule has 0 fully saturated rings. The number of hydrogen-bond acceptors (Lipinski definition) is 2. The van der Waals surface area contributed by atoms with Gasteiger partial charge in [-0.15, -0.1) is 12.3 Å². The molecule has 0 aliphatic rings. The molecule has 0 aliphatic carbocycles. The van der Waals surface area contributed by atoms with E-state index in [1.54, 1.807) is 13.1 Å². The average molecular weight is 193 g/mol. The number of nitrogens with zero attached hydrogens (tertiary/aromatic N) is 1. The molecule has 0 amide bonds. The van der Waals surface area contributed by atoms with E-state index < -0.39 is 0 Å². The van der Waals surface area contributed by atoms with E-state index in [1.165, 1.54) is 0 Å². The SMILES string of the molecule is C#CC.C/C=C\c1cnoc1C.CC. The number of aromatic nitrogens is 1. The first-order valence-corrected chi connectivity index (χ1v) is 4.67. The fourth-order valence-electron chi connectivity index (χ4n) is 0.646. The van der Waals surface area contributed by atoms with Crippen molar-refractivity contribution in [1.82, 2.24) is 5.16 Å². The summed E-state index contributed by atoms with van der Waals surface area (Å²) in [7, 11) is 0. The molecule has 0 spiro atoms. The van der Waals surface area contributed by atoms with Gasteiger partial charge in [-0.1, -0.05) is 31.2 Å². The van der Waals surface area contributed by atoms with Crippen molar-refractivity contribution in [2.45, 2.75) is 34.6 Å². The van der Waals surface area contributed by atoms with Crippen LogP contribution in [0.25, 0.3) is 6.08 Å². The molecule has 2 nitrogen and oxygen atoms in total. The third-order valence-corrected chi connectivity index (χ3v) is 1.13. The molecule has 0 bridgehead atoms. The Balaban J connectivity index is 0. The van der Waals surface area contributed by atoms with Crippen LogP contribution >= 0.6 is 0 Å². The molecular formula is C12H19NO. The highest BCUT2D eigenvalue weighted by Crippen LogP contribution is 2.06. The fourth-order valence-corrected chi connectivity index (χ4v) is 0.646. The van der Waals surface area contributed by atoms with Crippen LogP contribution < -0.4 is 0 Å². The van der Waals surface area contributed by atoms with Crippen LogP contribution in [0.4, 0.5) is 0 Å². The number of terminal acetylenes is 1. The highest BCUT2D eigenvalue weighted by atomic mass is 16.5. The molecule has 0 atom stereocenters. The summed E-state index contributed by atoms with van der Waals surface area (Å²) in [5.41, 5.74) is 1.05. The molecule has 0 radical (unpaired) electrons. The lowest BCUT2D eigenvalue weighted by molar-refractivity contribution is 0.397. The van der Waals surface area contributed by atoms with Gasteiger partial charge in [0.25, 0.3) is 0 Å².